The van der Waals surface area contributed by atoms with E-state index >= 15 is 0 Å². The first-order valence-corrected chi connectivity index (χ1v) is 9.18. The zero-order chi connectivity index (χ0) is 17.1. The monoisotopic (exact) mass is 340 g/mol. The first-order chi connectivity index (χ1) is 12.3. The van der Waals surface area contributed by atoms with Gasteiger partial charge in [0.15, 0.2) is 5.82 Å². The summed E-state index contributed by atoms with van der Waals surface area (Å²) in [5.74, 6) is 1.61. The lowest BCUT2D eigenvalue weighted by Crippen LogP contribution is -2.37. The summed E-state index contributed by atoms with van der Waals surface area (Å²) in [6.07, 6.45) is 8.70. The minimum absolute atomic E-state index is 0.0210. The van der Waals surface area contributed by atoms with E-state index in [-0.39, 0.29) is 11.8 Å². The lowest BCUT2D eigenvalue weighted by molar-refractivity contribution is -0.126. The fourth-order valence-corrected chi connectivity index (χ4v) is 3.86. The zero-order valence-corrected chi connectivity index (χ0v) is 14.4. The standard InChI is InChI=1S/C19H24N4O2/c24-19(15-10-14-6-4-5-9-17(14)25-12-15)20-11-18-22-21-13-23(18)16-7-2-1-3-8-16/h4-6,9,13,15-16H,1-3,7-8,10-12H2,(H,20,24)/t15-/m1/s1. The number of ether oxygens (including phenoxy) is 1. The molecule has 0 radical (unpaired) electrons. The summed E-state index contributed by atoms with van der Waals surface area (Å²) < 4.78 is 7.86. The Balaban J connectivity index is 1.36. The molecular formula is C19H24N4O2. The van der Waals surface area contributed by atoms with Gasteiger partial charge in [0.25, 0.3) is 0 Å². The van der Waals surface area contributed by atoms with Crippen LogP contribution < -0.4 is 10.1 Å². The van der Waals surface area contributed by atoms with E-state index in [0.29, 0.717) is 19.2 Å². The topological polar surface area (TPSA) is 69.0 Å². The Morgan fingerprint density at radius 1 is 1.24 bits per heavy atom. The lowest BCUT2D eigenvalue weighted by atomic mass is 9.95. The van der Waals surface area contributed by atoms with Crippen LogP contribution in [0.1, 0.15) is 49.5 Å². The highest BCUT2D eigenvalue weighted by Crippen LogP contribution is 2.29. The van der Waals surface area contributed by atoms with Crippen molar-refractivity contribution in [2.24, 2.45) is 5.92 Å². The molecule has 0 unspecified atom stereocenters. The van der Waals surface area contributed by atoms with Gasteiger partial charge in [0.2, 0.25) is 5.91 Å². The molecule has 1 aromatic carbocycles. The van der Waals surface area contributed by atoms with Crippen molar-refractivity contribution in [3.8, 4) is 5.75 Å². The van der Waals surface area contributed by atoms with E-state index in [1.54, 1.807) is 6.33 Å². The quantitative estimate of drug-likeness (QED) is 0.929. The molecule has 2 aliphatic rings. The van der Waals surface area contributed by atoms with E-state index in [2.05, 4.69) is 20.1 Å². The van der Waals surface area contributed by atoms with Gasteiger partial charge in [-0.1, -0.05) is 37.5 Å². The number of carbonyl (C=O) groups excluding carboxylic acids is 1. The first-order valence-electron chi connectivity index (χ1n) is 9.18. The molecule has 1 atom stereocenters. The van der Waals surface area contributed by atoms with Crippen molar-refractivity contribution < 1.29 is 9.53 Å². The zero-order valence-electron chi connectivity index (χ0n) is 14.4. The van der Waals surface area contributed by atoms with Crippen LogP contribution in [-0.4, -0.2) is 27.3 Å². The molecule has 1 aliphatic heterocycles. The highest BCUT2D eigenvalue weighted by atomic mass is 16.5. The molecule has 2 aromatic rings. The van der Waals surface area contributed by atoms with E-state index in [1.807, 2.05) is 24.3 Å². The van der Waals surface area contributed by atoms with Crippen LogP contribution in [0.3, 0.4) is 0 Å². The summed E-state index contributed by atoms with van der Waals surface area (Å²) >= 11 is 0. The number of hydrogen-bond donors (Lipinski definition) is 1. The van der Waals surface area contributed by atoms with E-state index in [9.17, 15) is 4.79 Å². The molecule has 4 rings (SSSR count). The van der Waals surface area contributed by atoms with E-state index < -0.39 is 0 Å². The normalized spacial score (nSPS) is 20.6. The van der Waals surface area contributed by atoms with E-state index in [4.69, 9.17) is 4.74 Å². The summed E-state index contributed by atoms with van der Waals surface area (Å²) in [4.78, 5) is 12.5. The van der Waals surface area contributed by atoms with Crippen LogP contribution in [0.25, 0.3) is 0 Å². The Morgan fingerprint density at radius 2 is 2.08 bits per heavy atom. The van der Waals surface area contributed by atoms with Crippen LogP contribution in [0.4, 0.5) is 0 Å². The highest BCUT2D eigenvalue weighted by molar-refractivity contribution is 5.79. The molecule has 1 amide bonds. The van der Waals surface area contributed by atoms with Crippen molar-refractivity contribution in [3.63, 3.8) is 0 Å². The van der Waals surface area contributed by atoms with Gasteiger partial charge in [0, 0.05) is 6.04 Å². The Bertz CT molecular complexity index is 737. The fourth-order valence-electron chi connectivity index (χ4n) is 3.86. The van der Waals surface area contributed by atoms with Crippen molar-refractivity contribution in [2.75, 3.05) is 6.61 Å². The van der Waals surface area contributed by atoms with Gasteiger partial charge in [-0.25, -0.2) is 0 Å². The molecule has 25 heavy (non-hydrogen) atoms. The van der Waals surface area contributed by atoms with Crippen LogP contribution in [0.5, 0.6) is 5.75 Å². The molecule has 2 heterocycles. The molecule has 1 aliphatic carbocycles. The van der Waals surface area contributed by atoms with Gasteiger partial charge in [0.05, 0.1) is 12.5 Å². The van der Waals surface area contributed by atoms with Crippen molar-refractivity contribution in [1.82, 2.24) is 20.1 Å². The third kappa shape index (κ3) is 3.52. The number of amides is 1. The second-order valence-corrected chi connectivity index (χ2v) is 6.98. The first kappa shape index (κ1) is 16.1. The maximum Gasteiger partial charge on any atom is 0.227 e. The summed E-state index contributed by atoms with van der Waals surface area (Å²) in [5, 5.41) is 11.3. The summed E-state index contributed by atoms with van der Waals surface area (Å²) in [5.41, 5.74) is 1.10. The SMILES string of the molecule is O=C(NCc1nncn1C1CCCCC1)[C@H]1COc2ccccc2C1. The van der Waals surface area contributed by atoms with E-state index in [0.717, 1.165) is 23.6 Å². The number of aromatic nitrogens is 3. The van der Waals surface area contributed by atoms with Gasteiger partial charge < -0.3 is 14.6 Å². The maximum absolute atomic E-state index is 12.5. The summed E-state index contributed by atoms with van der Waals surface area (Å²) in [6, 6.07) is 8.39. The molecule has 1 saturated carbocycles. The molecule has 132 valence electrons. The molecule has 0 saturated heterocycles. The predicted molar refractivity (Wildman–Crippen MR) is 93.1 cm³/mol. The van der Waals surface area contributed by atoms with Crippen molar-refractivity contribution in [3.05, 3.63) is 42.0 Å². The summed E-state index contributed by atoms with van der Waals surface area (Å²) in [6.45, 7) is 0.853. The smallest absolute Gasteiger partial charge is 0.227 e. The number of carbonyl (C=O) groups is 1. The number of nitrogens with one attached hydrogen (secondary N) is 1. The van der Waals surface area contributed by atoms with Gasteiger partial charge in [-0.15, -0.1) is 10.2 Å². The Kier molecular flexibility index (Phi) is 4.68. The Hall–Kier alpha value is -2.37. The molecule has 6 nitrogen and oxygen atoms in total. The largest absolute Gasteiger partial charge is 0.492 e. The molecule has 6 heteroatoms. The Morgan fingerprint density at radius 3 is 2.96 bits per heavy atom. The number of nitrogens with zero attached hydrogens (tertiary/aromatic N) is 3. The van der Waals surface area contributed by atoms with Gasteiger partial charge in [-0.2, -0.15) is 0 Å². The third-order valence-electron chi connectivity index (χ3n) is 5.29. The van der Waals surface area contributed by atoms with Crippen LogP contribution in [0, 0.1) is 5.92 Å². The van der Waals surface area contributed by atoms with Crippen LogP contribution in [-0.2, 0) is 17.8 Å². The average Bonchev–Trinajstić information content (AvgIpc) is 3.15. The van der Waals surface area contributed by atoms with Crippen LogP contribution in [0.15, 0.2) is 30.6 Å². The van der Waals surface area contributed by atoms with Gasteiger partial charge in [-0.05, 0) is 30.9 Å². The summed E-state index contributed by atoms with van der Waals surface area (Å²) in [7, 11) is 0. The molecule has 0 bridgehead atoms. The lowest BCUT2D eigenvalue weighted by Gasteiger charge is -2.25. The minimum Gasteiger partial charge on any atom is -0.492 e. The Labute approximate surface area is 147 Å². The van der Waals surface area contributed by atoms with Crippen LogP contribution in [0.2, 0.25) is 0 Å². The average molecular weight is 340 g/mol. The van der Waals surface area contributed by atoms with Gasteiger partial charge in [-0.3, -0.25) is 4.79 Å². The number of fused-ring (bicyclic) bond motifs is 1. The number of benzene rings is 1. The fraction of sp³-hybridized carbons (Fsp3) is 0.526. The second kappa shape index (κ2) is 7.25. The molecule has 0 spiro atoms. The number of hydrogen-bond acceptors (Lipinski definition) is 4. The van der Waals surface area contributed by atoms with Gasteiger partial charge >= 0.3 is 0 Å². The number of rotatable bonds is 4. The van der Waals surface area contributed by atoms with Crippen molar-refractivity contribution in [1.29, 1.82) is 0 Å². The maximum atomic E-state index is 12.5. The van der Waals surface area contributed by atoms with E-state index in [1.165, 1.54) is 32.1 Å². The minimum atomic E-state index is -0.152. The second-order valence-electron chi connectivity index (χ2n) is 6.98. The molecule has 1 aromatic heterocycles. The van der Waals surface area contributed by atoms with Crippen LogP contribution >= 0.6 is 0 Å². The molecular weight excluding hydrogens is 316 g/mol. The number of para-hydroxylation sites is 1. The molecule has 1 fully saturated rings. The highest BCUT2D eigenvalue weighted by Gasteiger charge is 2.26. The third-order valence-corrected chi connectivity index (χ3v) is 5.29. The van der Waals surface area contributed by atoms with Gasteiger partial charge in [0.1, 0.15) is 18.7 Å². The van der Waals surface area contributed by atoms with Crippen molar-refractivity contribution >= 4 is 5.91 Å². The predicted octanol–water partition coefficient (Wildman–Crippen LogP) is 2.65. The molecule has 1 N–H and O–H groups in total. The van der Waals surface area contributed by atoms with Crippen molar-refractivity contribution in [2.45, 2.75) is 51.1 Å².